The van der Waals surface area contributed by atoms with E-state index in [4.69, 9.17) is 4.42 Å². The molecule has 0 spiro atoms. The van der Waals surface area contributed by atoms with Crippen molar-refractivity contribution in [3.63, 3.8) is 0 Å². The van der Waals surface area contributed by atoms with E-state index in [1.54, 1.807) is 0 Å². The molecule has 1 unspecified atom stereocenters. The molecule has 0 bridgehead atoms. The largest absolute Gasteiger partial charge is 0.423 e. The summed E-state index contributed by atoms with van der Waals surface area (Å²) in [5.74, 6) is 1.41. The van der Waals surface area contributed by atoms with Crippen molar-refractivity contribution in [2.75, 3.05) is 6.54 Å². The van der Waals surface area contributed by atoms with E-state index in [-0.39, 0.29) is 6.04 Å². The van der Waals surface area contributed by atoms with Crippen LogP contribution in [0.15, 0.2) is 34.7 Å². The first-order valence-electron chi connectivity index (χ1n) is 7.95. The predicted octanol–water partition coefficient (Wildman–Crippen LogP) is 3.89. The third kappa shape index (κ3) is 4.67. The van der Waals surface area contributed by atoms with Gasteiger partial charge < -0.3 is 9.73 Å². The van der Waals surface area contributed by atoms with Crippen LogP contribution in [0.2, 0.25) is 0 Å². The summed E-state index contributed by atoms with van der Waals surface area (Å²) in [5, 5.41) is 11.8. The summed E-state index contributed by atoms with van der Waals surface area (Å²) in [6.45, 7) is 5.15. The van der Waals surface area contributed by atoms with Gasteiger partial charge in [-0.05, 0) is 18.5 Å². The number of hydrogen-bond donors (Lipinski definition) is 1. The lowest BCUT2D eigenvalue weighted by atomic mass is 10.1. The second-order valence-electron chi connectivity index (χ2n) is 5.25. The monoisotopic (exact) mass is 287 g/mol. The maximum Gasteiger partial charge on any atom is 0.237 e. The molecule has 114 valence electrons. The summed E-state index contributed by atoms with van der Waals surface area (Å²) in [6.07, 6.45) is 5.73. The molecule has 4 nitrogen and oxygen atoms in total. The molecule has 1 aromatic heterocycles. The van der Waals surface area contributed by atoms with Gasteiger partial charge in [0.2, 0.25) is 11.8 Å². The van der Waals surface area contributed by atoms with Gasteiger partial charge in [0.1, 0.15) is 6.04 Å². The lowest BCUT2D eigenvalue weighted by Crippen LogP contribution is -2.22. The Morgan fingerprint density at radius 2 is 1.86 bits per heavy atom. The molecule has 21 heavy (non-hydrogen) atoms. The van der Waals surface area contributed by atoms with Gasteiger partial charge in [-0.3, -0.25) is 0 Å². The number of nitrogens with zero attached hydrogens (tertiary/aromatic N) is 2. The highest BCUT2D eigenvalue weighted by atomic mass is 16.4. The summed E-state index contributed by atoms with van der Waals surface area (Å²) in [6, 6.07) is 10.2. The number of aryl methyl sites for hydroxylation is 1. The van der Waals surface area contributed by atoms with Gasteiger partial charge in [-0.25, -0.2) is 0 Å². The van der Waals surface area contributed by atoms with Crippen molar-refractivity contribution in [1.29, 1.82) is 0 Å². The first-order valence-corrected chi connectivity index (χ1v) is 7.95. The van der Waals surface area contributed by atoms with Crippen LogP contribution < -0.4 is 5.32 Å². The van der Waals surface area contributed by atoms with E-state index in [0.29, 0.717) is 5.89 Å². The van der Waals surface area contributed by atoms with Gasteiger partial charge in [0.05, 0.1) is 0 Å². The van der Waals surface area contributed by atoms with E-state index in [9.17, 15) is 0 Å². The lowest BCUT2D eigenvalue weighted by molar-refractivity contribution is 0.403. The van der Waals surface area contributed by atoms with Crippen LogP contribution in [-0.4, -0.2) is 16.7 Å². The van der Waals surface area contributed by atoms with Gasteiger partial charge in [-0.15, -0.1) is 10.2 Å². The number of unbranched alkanes of at least 4 members (excludes halogenated alkanes) is 3. The standard InChI is InChI=1S/C17H25N3O/c1-3-5-6-10-13-15-19-20-17(21-15)16(18-4-2)14-11-8-7-9-12-14/h7-9,11-12,16,18H,3-6,10,13H2,1-2H3. The number of hydrogen-bond acceptors (Lipinski definition) is 4. The molecule has 0 aliphatic carbocycles. The fraction of sp³-hybridized carbons (Fsp3) is 0.529. The van der Waals surface area contributed by atoms with Crippen LogP contribution in [-0.2, 0) is 6.42 Å². The molecule has 0 fully saturated rings. The Morgan fingerprint density at radius 3 is 2.57 bits per heavy atom. The molecule has 1 heterocycles. The average molecular weight is 287 g/mol. The smallest absolute Gasteiger partial charge is 0.237 e. The molecule has 0 amide bonds. The van der Waals surface area contributed by atoms with E-state index < -0.39 is 0 Å². The molecule has 0 saturated heterocycles. The second kappa shape index (κ2) is 8.57. The van der Waals surface area contributed by atoms with Gasteiger partial charge in [-0.1, -0.05) is 63.4 Å². The number of aromatic nitrogens is 2. The third-order valence-corrected chi connectivity index (χ3v) is 3.51. The van der Waals surface area contributed by atoms with Crippen LogP contribution in [0.5, 0.6) is 0 Å². The zero-order chi connectivity index (χ0) is 14.9. The van der Waals surface area contributed by atoms with Gasteiger partial charge in [0.25, 0.3) is 0 Å². The Kier molecular flexibility index (Phi) is 6.41. The average Bonchev–Trinajstić information content (AvgIpc) is 2.98. The predicted molar refractivity (Wildman–Crippen MR) is 84.1 cm³/mol. The Bertz CT molecular complexity index is 510. The van der Waals surface area contributed by atoms with Gasteiger partial charge in [-0.2, -0.15) is 0 Å². The van der Waals surface area contributed by atoms with Crippen molar-refractivity contribution in [3.8, 4) is 0 Å². The van der Waals surface area contributed by atoms with Crippen molar-refractivity contribution in [1.82, 2.24) is 15.5 Å². The fourth-order valence-corrected chi connectivity index (χ4v) is 2.38. The van der Waals surface area contributed by atoms with Crippen molar-refractivity contribution in [2.45, 2.75) is 52.0 Å². The van der Waals surface area contributed by atoms with Crippen LogP contribution >= 0.6 is 0 Å². The summed E-state index contributed by atoms with van der Waals surface area (Å²) in [7, 11) is 0. The molecule has 2 rings (SSSR count). The highest BCUT2D eigenvalue weighted by Crippen LogP contribution is 2.21. The van der Waals surface area contributed by atoms with E-state index in [2.05, 4.69) is 41.5 Å². The topological polar surface area (TPSA) is 51.0 Å². The van der Waals surface area contributed by atoms with Gasteiger partial charge in [0, 0.05) is 6.42 Å². The SMILES string of the molecule is CCCCCCc1nnc(C(NCC)c2ccccc2)o1. The normalized spacial score (nSPS) is 12.5. The van der Waals surface area contributed by atoms with E-state index in [1.165, 1.54) is 19.3 Å². The molecule has 0 aliphatic rings. The van der Waals surface area contributed by atoms with E-state index in [1.807, 2.05) is 18.2 Å². The molecule has 4 heteroatoms. The molecule has 1 aromatic carbocycles. The van der Waals surface area contributed by atoms with Crippen LogP contribution in [0, 0.1) is 0 Å². The van der Waals surface area contributed by atoms with Crippen molar-refractivity contribution in [2.24, 2.45) is 0 Å². The Hall–Kier alpha value is -1.68. The minimum Gasteiger partial charge on any atom is -0.423 e. The lowest BCUT2D eigenvalue weighted by Gasteiger charge is -2.13. The van der Waals surface area contributed by atoms with Crippen molar-refractivity contribution >= 4 is 0 Å². The number of rotatable bonds is 9. The molecule has 2 aromatic rings. The maximum atomic E-state index is 5.85. The Labute approximate surface area is 127 Å². The van der Waals surface area contributed by atoms with Gasteiger partial charge >= 0.3 is 0 Å². The summed E-state index contributed by atoms with van der Waals surface area (Å²) in [5.41, 5.74) is 1.15. The Balaban J connectivity index is 2.02. The zero-order valence-electron chi connectivity index (χ0n) is 13.0. The quantitative estimate of drug-likeness (QED) is 0.711. The van der Waals surface area contributed by atoms with E-state index in [0.717, 1.165) is 30.8 Å². The zero-order valence-corrected chi connectivity index (χ0v) is 13.0. The Morgan fingerprint density at radius 1 is 1.05 bits per heavy atom. The van der Waals surface area contributed by atoms with Crippen molar-refractivity contribution < 1.29 is 4.42 Å². The van der Waals surface area contributed by atoms with Crippen molar-refractivity contribution in [3.05, 3.63) is 47.7 Å². The first-order chi connectivity index (χ1) is 10.3. The summed E-state index contributed by atoms with van der Waals surface area (Å²) >= 11 is 0. The van der Waals surface area contributed by atoms with Crippen LogP contribution in [0.25, 0.3) is 0 Å². The third-order valence-electron chi connectivity index (χ3n) is 3.51. The molecular formula is C17H25N3O. The van der Waals surface area contributed by atoms with Crippen LogP contribution in [0.3, 0.4) is 0 Å². The molecular weight excluding hydrogens is 262 g/mol. The molecule has 1 N–H and O–H groups in total. The maximum absolute atomic E-state index is 5.85. The highest BCUT2D eigenvalue weighted by molar-refractivity contribution is 5.23. The minimum absolute atomic E-state index is 0.0203. The molecule has 0 aliphatic heterocycles. The second-order valence-corrected chi connectivity index (χ2v) is 5.25. The first kappa shape index (κ1) is 15.7. The molecule has 1 atom stereocenters. The molecule has 0 radical (unpaired) electrons. The molecule has 0 saturated carbocycles. The number of nitrogens with one attached hydrogen (secondary N) is 1. The number of benzene rings is 1. The summed E-state index contributed by atoms with van der Waals surface area (Å²) < 4.78 is 5.85. The minimum atomic E-state index is -0.0203. The van der Waals surface area contributed by atoms with Gasteiger partial charge in [0.15, 0.2) is 0 Å². The summed E-state index contributed by atoms with van der Waals surface area (Å²) in [4.78, 5) is 0. The highest BCUT2D eigenvalue weighted by Gasteiger charge is 2.19. The fourth-order valence-electron chi connectivity index (χ4n) is 2.38. The van der Waals surface area contributed by atoms with Crippen LogP contribution in [0.4, 0.5) is 0 Å². The van der Waals surface area contributed by atoms with Crippen LogP contribution in [0.1, 0.15) is 62.9 Å². The van der Waals surface area contributed by atoms with E-state index >= 15 is 0 Å².